The van der Waals surface area contributed by atoms with Crippen molar-refractivity contribution in [3.8, 4) is 0 Å². The lowest BCUT2D eigenvalue weighted by Gasteiger charge is -2.48. The average molecular weight is 359 g/mol. The molecule has 1 unspecified atom stereocenters. The van der Waals surface area contributed by atoms with Gasteiger partial charge in [0.15, 0.2) is 0 Å². The highest BCUT2D eigenvalue weighted by atomic mass is 19.1. The molecule has 2 aliphatic rings. The van der Waals surface area contributed by atoms with Crippen LogP contribution in [0.2, 0.25) is 0 Å². The van der Waals surface area contributed by atoms with Crippen LogP contribution in [0.5, 0.6) is 0 Å². The van der Waals surface area contributed by atoms with Gasteiger partial charge in [-0.05, 0) is 51.4 Å². The summed E-state index contributed by atoms with van der Waals surface area (Å²) in [5.74, 6) is 0.708. The van der Waals surface area contributed by atoms with Gasteiger partial charge in [-0.3, -0.25) is 4.90 Å². The smallest absolute Gasteiger partial charge is 0.138 e. The van der Waals surface area contributed by atoms with Gasteiger partial charge in [-0.25, -0.2) is 4.39 Å². The molecule has 0 radical (unpaired) electrons. The Balaban J connectivity index is 1.48. The van der Waals surface area contributed by atoms with Crippen LogP contribution in [-0.2, 0) is 11.3 Å². The van der Waals surface area contributed by atoms with E-state index in [0.29, 0.717) is 6.61 Å². The second-order valence-corrected chi connectivity index (χ2v) is 7.55. The zero-order chi connectivity index (χ0) is 18.1. The number of nitrogens with zero attached hydrogens (tertiary/aromatic N) is 3. The molecule has 3 heterocycles. The summed E-state index contributed by atoms with van der Waals surface area (Å²) in [6.07, 6.45) is 2.14. The molecule has 1 atom stereocenters. The third-order valence-corrected chi connectivity index (χ3v) is 5.60. The Morgan fingerprint density at radius 3 is 2.88 bits per heavy atom. The number of aryl methyl sites for hydroxylation is 2. The number of aromatic nitrogens is 1. The molecule has 0 aliphatic carbocycles. The molecule has 5 nitrogen and oxygen atoms in total. The first-order valence-electron chi connectivity index (χ1n) is 9.33. The highest BCUT2D eigenvalue weighted by Crippen LogP contribution is 2.32. The van der Waals surface area contributed by atoms with Gasteiger partial charge in [0.2, 0.25) is 0 Å². The van der Waals surface area contributed by atoms with E-state index in [4.69, 9.17) is 9.26 Å². The lowest BCUT2D eigenvalue weighted by atomic mass is 9.90. The van der Waals surface area contributed by atoms with Crippen molar-refractivity contribution in [3.05, 3.63) is 47.1 Å². The first-order valence-corrected chi connectivity index (χ1v) is 9.33. The van der Waals surface area contributed by atoms with Gasteiger partial charge in [0.25, 0.3) is 0 Å². The molecule has 4 rings (SSSR count). The van der Waals surface area contributed by atoms with Gasteiger partial charge in [0.05, 0.1) is 17.9 Å². The van der Waals surface area contributed by atoms with Crippen molar-refractivity contribution < 1.29 is 13.7 Å². The minimum absolute atomic E-state index is 0.188. The number of piperidine rings is 1. The average Bonchev–Trinajstić information content (AvgIpc) is 2.94. The van der Waals surface area contributed by atoms with Crippen LogP contribution in [-0.4, -0.2) is 48.4 Å². The zero-order valence-corrected chi connectivity index (χ0v) is 15.5. The summed E-state index contributed by atoms with van der Waals surface area (Å²) in [7, 11) is 0. The summed E-state index contributed by atoms with van der Waals surface area (Å²) in [6, 6.07) is 6.86. The lowest BCUT2D eigenvalue weighted by molar-refractivity contribution is -0.0986. The monoisotopic (exact) mass is 359 g/mol. The molecule has 1 aromatic heterocycles. The molecule has 6 heteroatoms. The van der Waals surface area contributed by atoms with Gasteiger partial charge in [0.1, 0.15) is 11.6 Å². The number of benzene rings is 1. The summed E-state index contributed by atoms with van der Waals surface area (Å²) < 4.78 is 25.2. The third kappa shape index (κ3) is 3.48. The van der Waals surface area contributed by atoms with Crippen LogP contribution < -0.4 is 4.90 Å². The Kier molecular flexibility index (Phi) is 4.71. The number of rotatable bonds is 3. The van der Waals surface area contributed by atoms with E-state index in [-0.39, 0.29) is 11.4 Å². The van der Waals surface area contributed by atoms with Crippen molar-refractivity contribution >= 4 is 5.69 Å². The second kappa shape index (κ2) is 7.00. The normalized spacial score (nSPS) is 24.3. The standard InChI is InChI=1S/C20H26FN3O2/c1-15-19(16(2)26-22-15)12-23-8-4-7-20(13-23)14-24(9-10-25-20)18-6-3-5-17(21)11-18/h3,5-6,11H,4,7-10,12-14H2,1-2H3. The van der Waals surface area contributed by atoms with E-state index >= 15 is 0 Å². The lowest BCUT2D eigenvalue weighted by Crippen LogP contribution is -2.59. The Bertz CT molecular complexity index is 755. The summed E-state index contributed by atoms with van der Waals surface area (Å²) in [4.78, 5) is 4.69. The van der Waals surface area contributed by atoms with Gasteiger partial charge in [-0.15, -0.1) is 0 Å². The fourth-order valence-electron chi connectivity index (χ4n) is 4.26. The number of hydrogen-bond donors (Lipinski definition) is 0. The topological polar surface area (TPSA) is 41.7 Å². The molecule has 2 aliphatic heterocycles. The summed E-state index contributed by atoms with van der Waals surface area (Å²) >= 11 is 0. The van der Waals surface area contributed by atoms with Crippen LogP contribution in [0.15, 0.2) is 28.8 Å². The van der Waals surface area contributed by atoms with Gasteiger partial charge in [-0.1, -0.05) is 11.2 Å². The Morgan fingerprint density at radius 1 is 1.23 bits per heavy atom. The molecule has 0 N–H and O–H groups in total. The van der Waals surface area contributed by atoms with Crippen LogP contribution in [0.1, 0.15) is 29.9 Å². The largest absolute Gasteiger partial charge is 0.370 e. The first kappa shape index (κ1) is 17.5. The van der Waals surface area contributed by atoms with Crippen LogP contribution in [0.25, 0.3) is 0 Å². The van der Waals surface area contributed by atoms with Crippen LogP contribution in [0.3, 0.4) is 0 Å². The molecular formula is C20H26FN3O2. The molecule has 2 saturated heterocycles. The molecule has 2 aromatic rings. The van der Waals surface area contributed by atoms with Gasteiger partial charge >= 0.3 is 0 Å². The van der Waals surface area contributed by atoms with Crippen molar-refractivity contribution in [2.75, 3.05) is 37.7 Å². The molecule has 26 heavy (non-hydrogen) atoms. The second-order valence-electron chi connectivity index (χ2n) is 7.55. The van der Waals surface area contributed by atoms with E-state index in [1.54, 1.807) is 12.1 Å². The van der Waals surface area contributed by atoms with E-state index in [1.807, 2.05) is 19.9 Å². The Hall–Kier alpha value is -1.92. The maximum atomic E-state index is 13.6. The molecule has 2 fully saturated rings. The molecule has 0 amide bonds. The minimum Gasteiger partial charge on any atom is -0.370 e. The SMILES string of the molecule is Cc1noc(C)c1CN1CCCC2(C1)CN(c1cccc(F)c1)CCO2. The Labute approximate surface area is 153 Å². The fraction of sp³-hybridized carbons (Fsp3) is 0.550. The van der Waals surface area contributed by atoms with Crippen molar-refractivity contribution in [1.29, 1.82) is 0 Å². The molecular weight excluding hydrogens is 333 g/mol. The molecule has 1 spiro atoms. The van der Waals surface area contributed by atoms with Gasteiger partial charge < -0.3 is 14.2 Å². The quantitative estimate of drug-likeness (QED) is 0.841. The van der Waals surface area contributed by atoms with Crippen molar-refractivity contribution in [2.45, 2.75) is 38.8 Å². The Morgan fingerprint density at radius 2 is 2.12 bits per heavy atom. The minimum atomic E-state index is -0.193. The highest BCUT2D eigenvalue weighted by molar-refractivity contribution is 5.47. The highest BCUT2D eigenvalue weighted by Gasteiger charge is 2.41. The summed E-state index contributed by atoms with van der Waals surface area (Å²) in [5, 5.41) is 4.07. The van der Waals surface area contributed by atoms with Crippen LogP contribution in [0.4, 0.5) is 10.1 Å². The molecule has 0 bridgehead atoms. The number of likely N-dealkylation sites (tertiary alicyclic amines) is 1. The van der Waals surface area contributed by atoms with Gasteiger partial charge in [0, 0.05) is 37.4 Å². The van der Waals surface area contributed by atoms with E-state index in [2.05, 4.69) is 15.0 Å². The fourth-order valence-corrected chi connectivity index (χ4v) is 4.26. The molecule has 1 aromatic carbocycles. The van der Waals surface area contributed by atoms with Crippen molar-refractivity contribution in [1.82, 2.24) is 10.1 Å². The number of morpholine rings is 1. The maximum absolute atomic E-state index is 13.6. The van der Waals surface area contributed by atoms with Gasteiger partial charge in [-0.2, -0.15) is 0 Å². The molecule has 0 saturated carbocycles. The molecule has 140 valence electrons. The van der Waals surface area contributed by atoms with Crippen LogP contribution in [0, 0.1) is 19.7 Å². The van der Waals surface area contributed by atoms with E-state index in [9.17, 15) is 4.39 Å². The summed E-state index contributed by atoms with van der Waals surface area (Å²) in [5.41, 5.74) is 2.89. The van der Waals surface area contributed by atoms with E-state index in [0.717, 1.165) is 62.7 Å². The number of halogens is 1. The first-order chi connectivity index (χ1) is 12.5. The van der Waals surface area contributed by atoms with Crippen molar-refractivity contribution in [3.63, 3.8) is 0 Å². The predicted octanol–water partition coefficient (Wildman–Crippen LogP) is 3.30. The van der Waals surface area contributed by atoms with Crippen LogP contribution >= 0.6 is 0 Å². The van der Waals surface area contributed by atoms with E-state index in [1.165, 1.54) is 11.6 Å². The number of hydrogen-bond acceptors (Lipinski definition) is 5. The third-order valence-electron chi connectivity index (χ3n) is 5.60. The van der Waals surface area contributed by atoms with E-state index < -0.39 is 0 Å². The predicted molar refractivity (Wildman–Crippen MR) is 97.8 cm³/mol. The number of ether oxygens (including phenoxy) is 1. The maximum Gasteiger partial charge on any atom is 0.138 e. The number of anilines is 1. The zero-order valence-electron chi connectivity index (χ0n) is 15.5. The summed E-state index contributed by atoms with van der Waals surface area (Å²) in [6.45, 7) is 9.01. The van der Waals surface area contributed by atoms with Crippen molar-refractivity contribution in [2.24, 2.45) is 0 Å².